The van der Waals surface area contributed by atoms with E-state index in [0.29, 0.717) is 0 Å². The van der Waals surface area contributed by atoms with Gasteiger partial charge >= 0.3 is 0 Å². The summed E-state index contributed by atoms with van der Waals surface area (Å²) in [5, 5.41) is 17.3. The Morgan fingerprint density at radius 3 is 2.85 bits per heavy atom. The second-order valence-corrected chi connectivity index (χ2v) is 3.17. The summed E-state index contributed by atoms with van der Waals surface area (Å²) >= 11 is 0.860. The second-order valence-electron chi connectivity index (χ2n) is 2.21. The molecule has 0 aliphatic heterocycles. The lowest BCUT2D eigenvalue weighted by Gasteiger charge is -1.99. The summed E-state index contributed by atoms with van der Waals surface area (Å²) in [5.74, 6) is -1.47. The van der Waals surface area contributed by atoms with Gasteiger partial charge in [0.05, 0.1) is 5.97 Å². The highest BCUT2D eigenvalue weighted by atomic mass is 32.2. The van der Waals surface area contributed by atoms with Gasteiger partial charge in [-0.15, -0.1) is 10.2 Å². The van der Waals surface area contributed by atoms with Crippen LogP contribution in [0.3, 0.4) is 0 Å². The van der Waals surface area contributed by atoms with Gasteiger partial charge in [-0.25, -0.2) is 0 Å². The molecular formula is C6H6N3O3S-. The lowest BCUT2D eigenvalue weighted by atomic mass is 10.5. The van der Waals surface area contributed by atoms with Crippen molar-refractivity contribution in [2.45, 2.75) is 12.1 Å². The zero-order valence-corrected chi connectivity index (χ0v) is 7.55. The minimum absolute atomic E-state index is 0.180. The number of carbonyl (C=O) groups excluding carboxylic acids is 1. The molecule has 1 aromatic rings. The molecule has 7 heteroatoms. The van der Waals surface area contributed by atoms with E-state index >= 15 is 0 Å². The molecule has 6 nitrogen and oxygen atoms in total. The molecule has 0 aliphatic rings. The number of aromatic amines is 1. The van der Waals surface area contributed by atoms with Crippen LogP contribution >= 0.6 is 11.8 Å². The van der Waals surface area contributed by atoms with Gasteiger partial charge in [-0.05, 0) is 6.92 Å². The maximum absolute atomic E-state index is 11.0. The van der Waals surface area contributed by atoms with Crippen LogP contribution in [0.5, 0.6) is 0 Å². The molecule has 0 saturated carbocycles. The highest BCUT2D eigenvalue weighted by molar-refractivity contribution is 7.99. The average Bonchev–Trinajstić information content (AvgIpc) is 2.07. The maximum atomic E-state index is 11.0. The van der Waals surface area contributed by atoms with E-state index in [1.807, 2.05) is 0 Å². The number of carbonyl (C=O) groups is 1. The van der Waals surface area contributed by atoms with Crippen LogP contribution in [0.2, 0.25) is 0 Å². The van der Waals surface area contributed by atoms with Crippen molar-refractivity contribution in [3.05, 3.63) is 16.0 Å². The van der Waals surface area contributed by atoms with Gasteiger partial charge < -0.3 is 9.90 Å². The van der Waals surface area contributed by atoms with Crippen LogP contribution in [0, 0.1) is 6.92 Å². The third-order valence-electron chi connectivity index (χ3n) is 1.17. The van der Waals surface area contributed by atoms with E-state index in [1.54, 1.807) is 0 Å². The first kappa shape index (κ1) is 9.72. The number of nitrogens with zero attached hydrogens (tertiary/aromatic N) is 2. The van der Waals surface area contributed by atoms with Crippen molar-refractivity contribution in [2.75, 3.05) is 5.75 Å². The largest absolute Gasteiger partial charge is 0.549 e. The zero-order chi connectivity index (χ0) is 9.84. The van der Waals surface area contributed by atoms with Crippen LogP contribution in [-0.4, -0.2) is 26.9 Å². The minimum Gasteiger partial charge on any atom is -0.549 e. The summed E-state index contributed by atoms with van der Waals surface area (Å²) in [7, 11) is 0. The predicted octanol–water partition coefficient (Wildman–Crippen LogP) is -1.68. The molecule has 0 aromatic carbocycles. The number of hydrogen-bond acceptors (Lipinski definition) is 6. The van der Waals surface area contributed by atoms with E-state index in [9.17, 15) is 14.7 Å². The van der Waals surface area contributed by atoms with Crippen molar-refractivity contribution in [3.8, 4) is 0 Å². The topological polar surface area (TPSA) is 98.8 Å². The van der Waals surface area contributed by atoms with Gasteiger partial charge in [0.15, 0.2) is 5.16 Å². The molecule has 0 bridgehead atoms. The smallest absolute Gasteiger partial charge is 0.273 e. The summed E-state index contributed by atoms with van der Waals surface area (Å²) in [6.45, 7) is 1.51. The molecular weight excluding hydrogens is 194 g/mol. The highest BCUT2D eigenvalue weighted by Crippen LogP contribution is 2.07. The van der Waals surface area contributed by atoms with Gasteiger partial charge in [-0.3, -0.25) is 9.78 Å². The van der Waals surface area contributed by atoms with Gasteiger partial charge in [-0.1, -0.05) is 11.8 Å². The monoisotopic (exact) mass is 200 g/mol. The Morgan fingerprint density at radius 2 is 2.31 bits per heavy atom. The number of carboxylic acid groups (broad SMARTS) is 1. The van der Waals surface area contributed by atoms with Gasteiger partial charge in [0.2, 0.25) is 0 Å². The lowest BCUT2D eigenvalue weighted by Crippen LogP contribution is -2.25. The molecule has 0 saturated heterocycles. The van der Waals surface area contributed by atoms with Crippen molar-refractivity contribution >= 4 is 17.7 Å². The van der Waals surface area contributed by atoms with Crippen molar-refractivity contribution in [3.63, 3.8) is 0 Å². The van der Waals surface area contributed by atoms with Crippen molar-refractivity contribution < 1.29 is 9.90 Å². The maximum Gasteiger partial charge on any atom is 0.273 e. The first-order chi connectivity index (χ1) is 6.09. The van der Waals surface area contributed by atoms with Crippen LogP contribution in [-0.2, 0) is 4.79 Å². The standard InChI is InChI=1S/C6H7N3O3S/c1-3-5(12)7-6(9-8-3)13-2-4(10)11/h2H2,1H3,(H,10,11)(H,7,9,12)/p-1. The Kier molecular flexibility index (Phi) is 3.02. The van der Waals surface area contributed by atoms with Crippen LogP contribution in [0.25, 0.3) is 0 Å². The molecule has 0 amide bonds. The van der Waals surface area contributed by atoms with Crippen LogP contribution in [0.4, 0.5) is 0 Å². The Hall–Kier alpha value is -1.37. The summed E-state index contributed by atoms with van der Waals surface area (Å²) in [4.78, 5) is 23.4. The summed E-state index contributed by atoms with van der Waals surface area (Å²) in [5.41, 5.74) is -0.117. The van der Waals surface area contributed by atoms with Gasteiger partial charge in [-0.2, -0.15) is 0 Å². The van der Waals surface area contributed by atoms with Crippen molar-refractivity contribution in [1.29, 1.82) is 0 Å². The molecule has 1 rings (SSSR count). The number of carboxylic acids is 1. The van der Waals surface area contributed by atoms with E-state index in [0.717, 1.165) is 11.8 Å². The first-order valence-corrected chi connectivity index (χ1v) is 4.34. The first-order valence-electron chi connectivity index (χ1n) is 3.36. The highest BCUT2D eigenvalue weighted by Gasteiger charge is 2.00. The van der Waals surface area contributed by atoms with E-state index in [1.165, 1.54) is 6.92 Å². The van der Waals surface area contributed by atoms with Crippen molar-refractivity contribution in [1.82, 2.24) is 15.2 Å². The number of nitrogens with one attached hydrogen (secondary N) is 1. The molecule has 1 N–H and O–H groups in total. The Balaban J connectivity index is 2.74. The van der Waals surface area contributed by atoms with E-state index in [-0.39, 0.29) is 22.2 Å². The molecule has 70 valence electrons. The average molecular weight is 200 g/mol. The fourth-order valence-electron chi connectivity index (χ4n) is 0.571. The number of hydrogen-bond donors (Lipinski definition) is 1. The van der Waals surface area contributed by atoms with E-state index in [4.69, 9.17) is 0 Å². The summed E-state index contributed by atoms with van der Waals surface area (Å²) < 4.78 is 0. The third kappa shape index (κ3) is 2.86. The number of thioether (sulfide) groups is 1. The number of rotatable bonds is 3. The Bertz CT molecular complexity index is 376. The molecule has 0 atom stereocenters. The van der Waals surface area contributed by atoms with Gasteiger partial charge in [0.1, 0.15) is 5.69 Å². The molecule has 0 radical (unpaired) electrons. The van der Waals surface area contributed by atoms with Gasteiger partial charge in [0, 0.05) is 5.75 Å². The molecule has 13 heavy (non-hydrogen) atoms. The summed E-state index contributed by atoms with van der Waals surface area (Å²) in [6.07, 6.45) is 0. The Labute approximate surface area is 77.4 Å². The van der Waals surface area contributed by atoms with Crippen molar-refractivity contribution in [2.24, 2.45) is 0 Å². The molecule has 0 aliphatic carbocycles. The Morgan fingerprint density at radius 1 is 1.62 bits per heavy atom. The fraction of sp³-hybridized carbons (Fsp3) is 0.333. The SMILES string of the molecule is Cc1nnc(SCC(=O)[O-])[nH]c1=O. The molecule has 1 aromatic heterocycles. The molecule has 1 heterocycles. The normalized spacial score (nSPS) is 9.92. The second kappa shape index (κ2) is 4.04. The lowest BCUT2D eigenvalue weighted by molar-refractivity contribution is -0.301. The number of aliphatic carboxylic acids is 1. The molecule has 0 spiro atoms. The number of aryl methyl sites for hydroxylation is 1. The predicted molar refractivity (Wildman–Crippen MR) is 43.1 cm³/mol. The van der Waals surface area contributed by atoms with E-state index < -0.39 is 5.97 Å². The number of aromatic nitrogens is 3. The minimum atomic E-state index is -1.21. The van der Waals surface area contributed by atoms with Crippen LogP contribution < -0.4 is 10.7 Å². The fourth-order valence-corrected chi connectivity index (χ4v) is 1.09. The molecule has 0 fully saturated rings. The van der Waals surface area contributed by atoms with Gasteiger partial charge in [0.25, 0.3) is 5.56 Å². The van der Waals surface area contributed by atoms with E-state index in [2.05, 4.69) is 15.2 Å². The van der Waals surface area contributed by atoms with Crippen LogP contribution in [0.15, 0.2) is 9.95 Å². The molecule has 0 unspecified atom stereocenters. The quantitative estimate of drug-likeness (QED) is 0.585. The third-order valence-corrected chi connectivity index (χ3v) is 2.00. The summed E-state index contributed by atoms with van der Waals surface area (Å²) in [6, 6.07) is 0. The number of H-pyrrole nitrogens is 1. The zero-order valence-electron chi connectivity index (χ0n) is 6.73. The van der Waals surface area contributed by atoms with Crippen LogP contribution in [0.1, 0.15) is 5.69 Å².